The molecule has 0 bridgehead atoms. The van der Waals surface area contributed by atoms with Crippen molar-refractivity contribution < 1.29 is 14.2 Å². The molecule has 0 fully saturated rings. The van der Waals surface area contributed by atoms with Crippen LogP contribution in [-0.4, -0.2) is 21.3 Å². The van der Waals surface area contributed by atoms with Gasteiger partial charge in [0.2, 0.25) is 0 Å². The molecule has 0 saturated carbocycles. The average Bonchev–Trinajstić information content (AvgIpc) is 2.43. The van der Waals surface area contributed by atoms with E-state index in [9.17, 15) is 0 Å². The molecule has 0 aliphatic rings. The molecule has 1 rings (SSSR count). The molecular formula is C14H24ClNO3. The van der Waals surface area contributed by atoms with E-state index >= 15 is 0 Å². The van der Waals surface area contributed by atoms with Crippen molar-refractivity contribution in [2.24, 2.45) is 11.7 Å². The summed E-state index contributed by atoms with van der Waals surface area (Å²) in [5, 5.41) is 0. The molecule has 1 aromatic rings. The van der Waals surface area contributed by atoms with E-state index in [2.05, 4.69) is 13.8 Å². The minimum absolute atomic E-state index is 0. The van der Waals surface area contributed by atoms with Crippen LogP contribution in [0.15, 0.2) is 12.1 Å². The van der Waals surface area contributed by atoms with Crippen LogP contribution in [0.3, 0.4) is 0 Å². The molecule has 4 nitrogen and oxygen atoms in total. The minimum atomic E-state index is -0.0789. The number of ether oxygens (including phenoxy) is 3. The van der Waals surface area contributed by atoms with Gasteiger partial charge in [0.15, 0.2) is 11.5 Å². The van der Waals surface area contributed by atoms with Crippen molar-refractivity contribution in [1.29, 1.82) is 0 Å². The third kappa shape index (κ3) is 3.91. The van der Waals surface area contributed by atoms with Gasteiger partial charge in [-0.1, -0.05) is 20.3 Å². The van der Waals surface area contributed by atoms with E-state index in [1.54, 1.807) is 21.3 Å². The molecular weight excluding hydrogens is 266 g/mol. The molecule has 0 aromatic heterocycles. The van der Waals surface area contributed by atoms with Crippen LogP contribution in [-0.2, 0) is 0 Å². The first-order chi connectivity index (χ1) is 8.58. The van der Waals surface area contributed by atoms with E-state index in [0.717, 1.165) is 17.7 Å². The summed E-state index contributed by atoms with van der Waals surface area (Å²) in [6, 6.07) is 3.63. The van der Waals surface area contributed by atoms with Crippen LogP contribution in [0.25, 0.3) is 0 Å². The molecule has 2 N–H and O–H groups in total. The van der Waals surface area contributed by atoms with Gasteiger partial charge in [0.05, 0.1) is 21.3 Å². The first-order valence-corrected chi connectivity index (χ1v) is 6.14. The molecule has 1 unspecified atom stereocenters. The van der Waals surface area contributed by atoms with E-state index in [4.69, 9.17) is 19.9 Å². The fraction of sp³-hybridized carbons (Fsp3) is 0.571. The molecule has 0 radical (unpaired) electrons. The number of nitrogens with two attached hydrogens (primary N) is 1. The van der Waals surface area contributed by atoms with Crippen molar-refractivity contribution >= 4 is 12.4 Å². The highest BCUT2D eigenvalue weighted by atomic mass is 35.5. The highest BCUT2D eigenvalue weighted by Gasteiger charge is 2.20. The highest BCUT2D eigenvalue weighted by molar-refractivity contribution is 5.85. The summed E-state index contributed by atoms with van der Waals surface area (Å²) < 4.78 is 15.9. The Morgan fingerprint density at radius 3 is 1.89 bits per heavy atom. The number of methoxy groups -OCH3 is 3. The number of benzene rings is 1. The van der Waals surface area contributed by atoms with Gasteiger partial charge in [-0.15, -0.1) is 12.4 Å². The summed E-state index contributed by atoms with van der Waals surface area (Å²) >= 11 is 0. The van der Waals surface area contributed by atoms with Gasteiger partial charge in [-0.2, -0.15) is 0 Å². The van der Waals surface area contributed by atoms with Crippen LogP contribution in [0.1, 0.15) is 31.9 Å². The summed E-state index contributed by atoms with van der Waals surface area (Å²) in [4.78, 5) is 0. The molecule has 0 saturated heterocycles. The second kappa shape index (κ2) is 8.12. The quantitative estimate of drug-likeness (QED) is 0.874. The molecule has 0 spiro atoms. The lowest BCUT2D eigenvalue weighted by atomic mass is 9.92. The molecule has 0 aliphatic carbocycles. The molecule has 110 valence electrons. The van der Waals surface area contributed by atoms with Crippen molar-refractivity contribution in [2.45, 2.75) is 26.3 Å². The number of hydrogen-bond donors (Lipinski definition) is 1. The molecule has 0 amide bonds. The predicted octanol–water partition coefficient (Wildman–Crippen LogP) is 3.18. The van der Waals surface area contributed by atoms with Gasteiger partial charge >= 0.3 is 0 Å². The van der Waals surface area contributed by atoms with Gasteiger partial charge in [-0.05, 0) is 12.0 Å². The van der Waals surface area contributed by atoms with Crippen molar-refractivity contribution in [3.63, 3.8) is 0 Å². The lowest BCUT2D eigenvalue weighted by Crippen LogP contribution is -2.19. The van der Waals surface area contributed by atoms with Crippen molar-refractivity contribution in [2.75, 3.05) is 21.3 Å². The van der Waals surface area contributed by atoms with Gasteiger partial charge in [-0.25, -0.2) is 0 Å². The number of halogens is 1. The maximum atomic E-state index is 6.26. The zero-order valence-electron chi connectivity index (χ0n) is 12.2. The second-order valence-corrected chi connectivity index (χ2v) is 4.36. The Bertz CT molecular complexity index is 399. The summed E-state index contributed by atoms with van der Waals surface area (Å²) in [5.41, 5.74) is 7.21. The zero-order chi connectivity index (χ0) is 13.7. The molecule has 0 aliphatic heterocycles. The summed E-state index contributed by atoms with van der Waals surface area (Å²) in [7, 11) is 4.85. The lowest BCUT2D eigenvalue weighted by Gasteiger charge is -2.22. The van der Waals surface area contributed by atoms with Crippen LogP contribution in [0.4, 0.5) is 0 Å². The van der Waals surface area contributed by atoms with Gasteiger partial charge in [0, 0.05) is 17.7 Å². The Morgan fingerprint density at radius 1 is 1.00 bits per heavy atom. The van der Waals surface area contributed by atoms with E-state index < -0.39 is 0 Å². The van der Waals surface area contributed by atoms with E-state index in [1.807, 2.05) is 12.1 Å². The Labute approximate surface area is 121 Å². The number of rotatable bonds is 6. The Balaban J connectivity index is 0.00000324. The van der Waals surface area contributed by atoms with Crippen molar-refractivity contribution in [3.05, 3.63) is 17.7 Å². The van der Waals surface area contributed by atoms with Crippen molar-refractivity contribution in [1.82, 2.24) is 0 Å². The van der Waals surface area contributed by atoms with E-state index in [0.29, 0.717) is 17.4 Å². The zero-order valence-corrected chi connectivity index (χ0v) is 13.0. The van der Waals surface area contributed by atoms with Gasteiger partial charge in [0.1, 0.15) is 5.75 Å². The fourth-order valence-corrected chi connectivity index (χ4v) is 1.87. The van der Waals surface area contributed by atoms with Crippen LogP contribution in [0, 0.1) is 5.92 Å². The standard InChI is InChI=1S/C14H23NO3.ClH/c1-6-9(2)14(15)10-7-12(17-4)13(18-5)8-11(10)16-3;/h7-9,14H,6,15H2,1-5H3;1H/t9?,14-;/m0./s1. The Kier molecular flexibility index (Phi) is 7.64. The van der Waals surface area contributed by atoms with Crippen LogP contribution >= 0.6 is 12.4 Å². The molecule has 5 heteroatoms. The van der Waals surface area contributed by atoms with Gasteiger partial charge in [0.25, 0.3) is 0 Å². The monoisotopic (exact) mass is 289 g/mol. The minimum Gasteiger partial charge on any atom is -0.496 e. The smallest absolute Gasteiger partial charge is 0.164 e. The van der Waals surface area contributed by atoms with Gasteiger partial charge in [-0.3, -0.25) is 0 Å². The first-order valence-electron chi connectivity index (χ1n) is 6.14. The van der Waals surface area contributed by atoms with Crippen LogP contribution in [0.5, 0.6) is 17.2 Å². The summed E-state index contributed by atoms with van der Waals surface area (Å²) in [6.45, 7) is 4.25. The maximum absolute atomic E-state index is 6.26. The second-order valence-electron chi connectivity index (χ2n) is 4.36. The lowest BCUT2D eigenvalue weighted by molar-refractivity contribution is 0.343. The maximum Gasteiger partial charge on any atom is 0.164 e. The molecule has 19 heavy (non-hydrogen) atoms. The third-order valence-electron chi connectivity index (χ3n) is 3.35. The van der Waals surface area contributed by atoms with Crippen LogP contribution in [0.2, 0.25) is 0 Å². The average molecular weight is 290 g/mol. The molecule has 0 heterocycles. The normalized spacial score (nSPS) is 13.2. The van der Waals surface area contributed by atoms with E-state index in [-0.39, 0.29) is 18.4 Å². The third-order valence-corrected chi connectivity index (χ3v) is 3.35. The fourth-order valence-electron chi connectivity index (χ4n) is 1.87. The Hall–Kier alpha value is -1.13. The highest BCUT2D eigenvalue weighted by Crippen LogP contribution is 2.38. The largest absolute Gasteiger partial charge is 0.496 e. The van der Waals surface area contributed by atoms with E-state index in [1.165, 1.54) is 0 Å². The Morgan fingerprint density at radius 2 is 1.47 bits per heavy atom. The molecule has 1 aromatic carbocycles. The van der Waals surface area contributed by atoms with Crippen molar-refractivity contribution in [3.8, 4) is 17.2 Å². The SMILES string of the molecule is CCC(C)[C@H](N)c1cc(OC)c(OC)cc1OC.Cl. The summed E-state index contributed by atoms with van der Waals surface area (Å²) in [6.07, 6.45) is 1.01. The summed E-state index contributed by atoms with van der Waals surface area (Å²) in [5.74, 6) is 2.43. The number of hydrogen-bond acceptors (Lipinski definition) is 4. The predicted molar refractivity (Wildman–Crippen MR) is 79.7 cm³/mol. The first kappa shape index (κ1) is 17.9. The topological polar surface area (TPSA) is 53.7 Å². The van der Waals surface area contributed by atoms with Crippen LogP contribution < -0.4 is 19.9 Å². The van der Waals surface area contributed by atoms with Gasteiger partial charge < -0.3 is 19.9 Å². The molecule has 2 atom stereocenters.